The lowest BCUT2D eigenvalue weighted by Crippen LogP contribution is -2.28. The molecule has 0 spiro atoms. The number of phenolic OH excluding ortho intramolecular Hbond substituents is 1. The van der Waals surface area contributed by atoms with E-state index in [-0.39, 0.29) is 5.75 Å². The predicted molar refractivity (Wildman–Crippen MR) is 99.3 cm³/mol. The summed E-state index contributed by atoms with van der Waals surface area (Å²) < 4.78 is 27.0. The second kappa shape index (κ2) is 7.56. The Morgan fingerprint density at radius 3 is 2.30 bits per heavy atom. The van der Waals surface area contributed by atoms with E-state index in [1.54, 1.807) is 30.3 Å². The normalized spacial score (nSPS) is 26.3. The summed E-state index contributed by atoms with van der Waals surface area (Å²) in [5, 5.41) is 19.8. The maximum absolute atomic E-state index is 13.9. The highest BCUT2D eigenvalue weighted by molar-refractivity contribution is 5.27. The molecule has 1 aliphatic heterocycles. The number of fused-ring (bicyclic) bond motifs is 1. The number of aromatic hydroxyl groups is 1. The lowest BCUT2D eigenvalue weighted by Gasteiger charge is -2.22. The summed E-state index contributed by atoms with van der Waals surface area (Å²) in [5.41, 5.74) is 1.43. The minimum atomic E-state index is -0.562. The first kappa shape index (κ1) is 18.4. The average molecular weight is 373 g/mol. The Bertz CT molecular complexity index is 781. The summed E-state index contributed by atoms with van der Waals surface area (Å²) in [6.45, 7) is 2.51. The zero-order chi connectivity index (χ0) is 19.0. The lowest BCUT2D eigenvalue weighted by molar-refractivity contribution is 0.120. The zero-order valence-electron chi connectivity index (χ0n) is 15.2. The van der Waals surface area contributed by atoms with Gasteiger partial charge < -0.3 is 10.2 Å². The second-order valence-electron chi connectivity index (χ2n) is 8.12. The number of rotatable bonds is 5. The van der Waals surface area contributed by atoms with Gasteiger partial charge in [-0.2, -0.15) is 0 Å². The van der Waals surface area contributed by atoms with Crippen molar-refractivity contribution in [3.63, 3.8) is 0 Å². The van der Waals surface area contributed by atoms with E-state index in [1.807, 2.05) is 0 Å². The highest BCUT2D eigenvalue weighted by atomic mass is 19.1. The van der Waals surface area contributed by atoms with Crippen LogP contribution < -0.4 is 0 Å². The topological polar surface area (TPSA) is 43.7 Å². The number of hydrogen-bond donors (Lipinski definition) is 2. The molecular formula is C22H25F2NO2. The van der Waals surface area contributed by atoms with Crippen molar-refractivity contribution in [2.75, 3.05) is 19.6 Å². The van der Waals surface area contributed by atoms with Gasteiger partial charge in [0.1, 0.15) is 17.4 Å². The van der Waals surface area contributed by atoms with Crippen LogP contribution in [-0.2, 0) is 6.42 Å². The number of benzene rings is 2. The fraction of sp³-hybridized carbons (Fsp3) is 0.455. The zero-order valence-corrected chi connectivity index (χ0v) is 15.2. The van der Waals surface area contributed by atoms with Crippen LogP contribution in [0.1, 0.15) is 30.1 Å². The van der Waals surface area contributed by atoms with Crippen LogP contribution in [0.25, 0.3) is 0 Å². The summed E-state index contributed by atoms with van der Waals surface area (Å²) in [6.07, 6.45) is 2.24. The third-order valence-electron chi connectivity index (χ3n) is 6.16. The average Bonchev–Trinajstić information content (AvgIpc) is 3.15. The van der Waals surface area contributed by atoms with E-state index in [1.165, 1.54) is 6.07 Å². The van der Waals surface area contributed by atoms with Gasteiger partial charge >= 0.3 is 0 Å². The quantitative estimate of drug-likeness (QED) is 0.835. The fourth-order valence-electron chi connectivity index (χ4n) is 4.88. The van der Waals surface area contributed by atoms with E-state index in [0.717, 1.165) is 37.6 Å². The molecule has 2 aliphatic rings. The van der Waals surface area contributed by atoms with Crippen molar-refractivity contribution in [1.29, 1.82) is 0 Å². The summed E-state index contributed by atoms with van der Waals surface area (Å²) in [5.74, 6) is 0.860. The maximum Gasteiger partial charge on any atom is 0.129 e. The number of aliphatic hydroxyl groups is 1. The summed E-state index contributed by atoms with van der Waals surface area (Å²) in [6, 6.07) is 10.6. The van der Waals surface area contributed by atoms with Crippen LogP contribution in [0.2, 0.25) is 0 Å². The Balaban J connectivity index is 1.29. The molecule has 0 aromatic heterocycles. The van der Waals surface area contributed by atoms with Gasteiger partial charge in [0.25, 0.3) is 0 Å². The van der Waals surface area contributed by atoms with Gasteiger partial charge in [-0.15, -0.1) is 0 Å². The minimum Gasteiger partial charge on any atom is -0.508 e. The molecule has 1 saturated heterocycles. The SMILES string of the molecule is Oc1ccc(C(O)CN2CC3CC(Cc4ccc(F)cc4F)CC3C2)cc1. The molecule has 0 amide bonds. The van der Waals surface area contributed by atoms with Crippen molar-refractivity contribution in [3.05, 3.63) is 65.2 Å². The van der Waals surface area contributed by atoms with Crippen LogP contribution in [0, 0.1) is 29.4 Å². The number of nitrogens with zero attached hydrogens (tertiary/aromatic N) is 1. The Labute approximate surface area is 158 Å². The first-order valence-electron chi connectivity index (χ1n) is 9.61. The molecule has 1 saturated carbocycles. The number of aliphatic hydroxyl groups excluding tert-OH is 1. The van der Waals surface area contributed by atoms with Crippen LogP contribution in [0.3, 0.4) is 0 Å². The van der Waals surface area contributed by atoms with Crippen molar-refractivity contribution in [2.24, 2.45) is 17.8 Å². The van der Waals surface area contributed by atoms with Crippen LogP contribution in [0.15, 0.2) is 42.5 Å². The summed E-state index contributed by atoms with van der Waals surface area (Å²) >= 11 is 0. The number of halogens is 2. The molecule has 3 unspecified atom stereocenters. The molecule has 3 nitrogen and oxygen atoms in total. The molecule has 1 aliphatic carbocycles. The van der Waals surface area contributed by atoms with Crippen LogP contribution >= 0.6 is 0 Å². The molecule has 1 heterocycles. The van der Waals surface area contributed by atoms with Gasteiger partial charge in [-0.1, -0.05) is 18.2 Å². The van der Waals surface area contributed by atoms with Crippen LogP contribution in [0.4, 0.5) is 8.78 Å². The fourth-order valence-corrected chi connectivity index (χ4v) is 4.88. The van der Waals surface area contributed by atoms with E-state index < -0.39 is 17.7 Å². The van der Waals surface area contributed by atoms with E-state index in [4.69, 9.17) is 0 Å². The van der Waals surface area contributed by atoms with Gasteiger partial charge in [-0.3, -0.25) is 4.90 Å². The van der Waals surface area contributed by atoms with Gasteiger partial charge in [-0.25, -0.2) is 8.78 Å². The van der Waals surface area contributed by atoms with Crippen LogP contribution in [0.5, 0.6) is 5.75 Å². The smallest absolute Gasteiger partial charge is 0.129 e. The molecule has 0 radical (unpaired) electrons. The molecule has 4 rings (SSSR count). The molecular weight excluding hydrogens is 348 g/mol. The first-order chi connectivity index (χ1) is 13.0. The van der Waals surface area contributed by atoms with E-state index in [0.29, 0.717) is 36.3 Å². The van der Waals surface area contributed by atoms with Gasteiger partial charge in [0, 0.05) is 25.7 Å². The van der Waals surface area contributed by atoms with E-state index in [2.05, 4.69) is 4.90 Å². The van der Waals surface area contributed by atoms with Gasteiger partial charge in [0.15, 0.2) is 0 Å². The van der Waals surface area contributed by atoms with E-state index >= 15 is 0 Å². The number of β-amino-alcohol motifs (C(OH)–C–C–N with tert-alkyl or cyclic N) is 1. The summed E-state index contributed by atoms with van der Waals surface area (Å²) in [4.78, 5) is 2.31. The molecule has 2 aromatic rings. The highest BCUT2D eigenvalue weighted by Crippen LogP contribution is 2.43. The molecule has 3 atom stereocenters. The minimum absolute atomic E-state index is 0.199. The Hall–Kier alpha value is -1.98. The standard InChI is InChI=1S/C22H25F2NO2/c23-19-4-1-16(21(24)10-19)7-14-8-17-11-25(12-18(17)9-14)13-22(27)15-2-5-20(26)6-3-15/h1-6,10,14,17-18,22,26-27H,7-9,11-13H2. The van der Waals surface area contributed by atoms with Crippen molar-refractivity contribution in [3.8, 4) is 5.75 Å². The monoisotopic (exact) mass is 373 g/mol. The number of phenols is 1. The second-order valence-corrected chi connectivity index (χ2v) is 8.12. The number of likely N-dealkylation sites (tertiary alicyclic amines) is 1. The third kappa shape index (κ3) is 4.14. The molecule has 2 aromatic carbocycles. The molecule has 5 heteroatoms. The Kier molecular flexibility index (Phi) is 5.15. The van der Waals surface area contributed by atoms with Crippen molar-refractivity contribution in [2.45, 2.75) is 25.4 Å². The van der Waals surface area contributed by atoms with Crippen molar-refractivity contribution >= 4 is 0 Å². The largest absolute Gasteiger partial charge is 0.508 e. The Morgan fingerprint density at radius 2 is 1.67 bits per heavy atom. The van der Waals surface area contributed by atoms with E-state index in [9.17, 15) is 19.0 Å². The Morgan fingerprint density at radius 1 is 1.00 bits per heavy atom. The predicted octanol–water partition coefficient (Wildman–Crippen LogP) is 3.90. The van der Waals surface area contributed by atoms with Gasteiger partial charge in [0.2, 0.25) is 0 Å². The van der Waals surface area contributed by atoms with Gasteiger partial charge in [0.05, 0.1) is 6.10 Å². The molecule has 27 heavy (non-hydrogen) atoms. The highest BCUT2D eigenvalue weighted by Gasteiger charge is 2.41. The lowest BCUT2D eigenvalue weighted by atomic mass is 9.96. The third-order valence-corrected chi connectivity index (χ3v) is 6.16. The van der Waals surface area contributed by atoms with Crippen molar-refractivity contribution in [1.82, 2.24) is 4.90 Å². The molecule has 2 fully saturated rings. The maximum atomic E-state index is 13.9. The first-order valence-corrected chi connectivity index (χ1v) is 9.61. The molecule has 144 valence electrons. The van der Waals surface area contributed by atoms with Crippen molar-refractivity contribution < 1.29 is 19.0 Å². The number of hydrogen-bond acceptors (Lipinski definition) is 3. The molecule has 2 N–H and O–H groups in total. The van der Waals surface area contributed by atoms with Gasteiger partial charge in [-0.05, 0) is 66.3 Å². The van der Waals surface area contributed by atoms with Crippen LogP contribution in [-0.4, -0.2) is 34.7 Å². The molecule has 0 bridgehead atoms. The summed E-state index contributed by atoms with van der Waals surface area (Å²) in [7, 11) is 0.